The van der Waals surface area contributed by atoms with Crippen LogP contribution in [0.4, 0.5) is 4.79 Å². The first-order valence-corrected chi connectivity index (χ1v) is 5.29. The maximum absolute atomic E-state index is 11.7. The summed E-state index contributed by atoms with van der Waals surface area (Å²) in [5.41, 5.74) is 5.02. The van der Waals surface area contributed by atoms with E-state index in [1.54, 1.807) is 0 Å². The quantitative estimate of drug-likeness (QED) is 0.665. The van der Waals surface area contributed by atoms with Crippen LogP contribution in [0.15, 0.2) is 0 Å². The Morgan fingerprint density at radius 2 is 2.07 bits per heavy atom. The zero-order valence-corrected chi connectivity index (χ0v) is 8.77. The fraction of sp³-hybridized carbons (Fsp3) is 0.800. The van der Waals surface area contributed by atoms with Crippen molar-refractivity contribution in [2.75, 3.05) is 0 Å². The fourth-order valence-corrected chi connectivity index (χ4v) is 3.14. The normalized spacial score (nSPS) is 39.2. The van der Waals surface area contributed by atoms with Gasteiger partial charge in [0.15, 0.2) is 5.78 Å². The molecule has 2 saturated heterocycles. The van der Waals surface area contributed by atoms with Gasteiger partial charge in [-0.15, -0.1) is 0 Å². The van der Waals surface area contributed by atoms with E-state index in [0.29, 0.717) is 6.42 Å². The molecule has 0 aromatic carbocycles. The Bertz CT molecular complexity index is 318. The number of Topliss-reactive ketones (excluding diaryl/α,β-unsaturated/α-hetero) is 1. The Balaban J connectivity index is 2.44. The third kappa shape index (κ3) is 1.19. The number of nitrogens with two attached hydrogens (primary N) is 1. The van der Waals surface area contributed by atoms with Crippen LogP contribution in [-0.2, 0) is 4.79 Å². The van der Waals surface area contributed by atoms with Crippen LogP contribution in [0.2, 0.25) is 0 Å². The maximum atomic E-state index is 11.7. The third-order valence-electron chi connectivity index (χ3n) is 3.89. The van der Waals surface area contributed by atoms with Gasteiger partial charge in [0.1, 0.15) is 5.54 Å². The number of carbonyl (C=O) groups excluding carboxylic acids is 1. The molecular weight excluding hydrogens is 196 g/mol. The smallest absolute Gasteiger partial charge is 0.408 e. The van der Waals surface area contributed by atoms with Gasteiger partial charge < -0.3 is 10.8 Å². The van der Waals surface area contributed by atoms with E-state index < -0.39 is 11.6 Å². The van der Waals surface area contributed by atoms with Gasteiger partial charge >= 0.3 is 6.09 Å². The van der Waals surface area contributed by atoms with Gasteiger partial charge in [0.05, 0.1) is 0 Å². The number of rotatable bonds is 1. The van der Waals surface area contributed by atoms with E-state index in [9.17, 15) is 9.59 Å². The van der Waals surface area contributed by atoms with E-state index in [2.05, 4.69) is 0 Å². The van der Waals surface area contributed by atoms with Crippen molar-refractivity contribution in [1.29, 1.82) is 0 Å². The Morgan fingerprint density at radius 1 is 1.40 bits per heavy atom. The van der Waals surface area contributed by atoms with Crippen molar-refractivity contribution in [2.24, 2.45) is 5.73 Å². The molecule has 84 valence electrons. The summed E-state index contributed by atoms with van der Waals surface area (Å²) in [6, 6.07) is -0.351. The van der Waals surface area contributed by atoms with Crippen LogP contribution >= 0.6 is 0 Å². The summed E-state index contributed by atoms with van der Waals surface area (Å²) >= 11 is 0. The van der Waals surface area contributed by atoms with Gasteiger partial charge in [0, 0.05) is 12.1 Å². The maximum Gasteiger partial charge on any atom is 0.408 e. The van der Waals surface area contributed by atoms with Crippen LogP contribution in [0.1, 0.15) is 32.6 Å². The molecule has 2 heterocycles. The monoisotopic (exact) mass is 212 g/mol. The van der Waals surface area contributed by atoms with Crippen molar-refractivity contribution in [3.8, 4) is 0 Å². The second-order valence-corrected chi connectivity index (χ2v) is 4.51. The SMILES string of the molecule is CC(=O)C12CCC(CCC1N)N2C(=O)O. The number of nitrogens with zero attached hydrogens (tertiary/aromatic N) is 1. The molecule has 0 aromatic rings. The minimum absolute atomic E-state index is 0.00815. The first-order chi connectivity index (χ1) is 7.00. The lowest BCUT2D eigenvalue weighted by Crippen LogP contribution is -2.66. The molecule has 3 unspecified atom stereocenters. The molecule has 5 nitrogen and oxygen atoms in total. The van der Waals surface area contributed by atoms with E-state index in [1.165, 1.54) is 11.8 Å². The molecule has 15 heavy (non-hydrogen) atoms. The topological polar surface area (TPSA) is 83.6 Å². The van der Waals surface area contributed by atoms with Gasteiger partial charge in [-0.05, 0) is 32.6 Å². The second-order valence-electron chi connectivity index (χ2n) is 4.51. The number of amides is 1. The fourth-order valence-electron chi connectivity index (χ4n) is 3.14. The van der Waals surface area contributed by atoms with Gasteiger partial charge in [0.25, 0.3) is 0 Å². The van der Waals surface area contributed by atoms with Crippen LogP contribution in [-0.4, -0.2) is 39.5 Å². The molecule has 0 spiro atoms. The molecule has 0 aromatic heterocycles. The highest BCUT2D eigenvalue weighted by atomic mass is 16.4. The van der Waals surface area contributed by atoms with E-state index in [1.807, 2.05) is 0 Å². The molecule has 2 aliphatic heterocycles. The molecule has 0 saturated carbocycles. The summed E-state index contributed by atoms with van der Waals surface area (Å²) in [5, 5.41) is 9.17. The van der Waals surface area contributed by atoms with E-state index in [4.69, 9.17) is 10.8 Å². The molecule has 5 heteroatoms. The molecule has 0 aliphatic carbocycles. The standard InChI is InChI=1S/C10H16N2O3/c1-6(13)10-5-4-7(2-3-8(10)11)12(10)9(14)15/h7-8H,2-5,11H2,1H3,(H,14,15). The lowest BCUT2D eigenvalue weighted by molar-refractivity contribution is -0.130. The molecule has 3 N–H and O–H groups in total. The van der Waals surface area contributed by atoms with Crippen LogP contribution < -0.4 is 5.73 Å². The second kappa shape index (κ2) is 3.20. The van der Waals surface area contributed by atoms with Crippen molar-refractivity contribution in [3.63, 3.8) is 0 Å². The molecule has 1 amide bonds. The minimum atomic E-state index is -1.01. The summed E-state index contributed by atoms with van der Waals surface area (Å²) < 4.78 is 0. The van der Waals surface area contributed by atoms with Gasteiger partial charge in [-0.3, -0.25) is 9.69 Å². The van der Waals surface area contributed by atoms with Crippen LogP contribution in [0.3, 0.4) is 0 Å². The predicted molar refractivity (Wildman–Crippen MR) is 53.5 cm³/mol. The van der Waals surface area contributed by atoms with Crippen molar-refractivity contribution < 1.29 is 14.7 Å². The first kappa shape index (κ1) is 10.4. The van der Waals surface area contributed by atoms with E-state index >= 15 is 0 Å². The number of piperidine rings is 1. The molecule has 2 aliphatic rings. The highest BCUT2D eigenvalue weighted by molar-refractivity contribution is 5.91. The summed E-state index contributed by atoms with van der Waals surface area (Å²) in [4.78, 5) is 24.2. The molecule has 2 rings (SSSR count). The van der Waals surface area contributed by atoms with E-state index in [-0.39, 0.29) is 17.9 Å². The minimum Gasteiger partial charge on any atom is -0.465 e. The number of hydrogen-bond acceptors (Lipinski definition) is 3. The van der Waals surface area contributed by atoms with Crippen LogP contribution in [0.5, 0.6) is 0 Å². The molecule has 0 radical (unpaired) electrons. The number of hydrogen-bond donors (Lipinski definition) is 2. The average molecular weight is 212 g/mol. The number of ketones is 1. The molecule has 2 fully saturated rings. The first-order valence-electron chi connectivity index (χ1n) is 5.29. The van der Waals surface area contributed by atoms with Gasteiger partial charge in [0.2, 0.25) is 0 Å². The zero-order chi connectivity index (χ0) is 11.2. The Kier molecular flexibility index (Phi) is 2.22. The molecule has 2 bridgehead atoms. The predicted octanol–water partition coefficient (Wildman–Crippen LogP) is 0.578. The van der Waals surface area contributed by atoms with Crippen molar-refractivity contribution in [2.45, 2.75) is 50.2 Å². The summed E-state index contributed by atoms with van der Waals surface area (Å²) in [7, 11) is 0. The Labute approximate surface area is 88.2 Å². The lowest BCUT2D eigenvalue weighted by atomic mass is 9.81. The van der Waals surface area contributed by atoms with Crippen LogP contribution in [0.25, 0.3) is 0 Å². The largest absolute Gasteiger partial charge is 0.465 e. The average Bonchev–Trinajstić information content (AvgIpc) is 2.46. The zero-order valence-electron chi connectivity index (χ0n) is 8.77. The summed E-state index contributed by atoms with van der Waals surface area (Å²) in [6.45, 7) is 1.45. The number of fused-ring (bicyclic) bond motifs is 2. The van der Waals surface area contributed by atoms with Crippen LogP contribution in [0, 0.1) is 0 Å². The van der Waals surface area contributed by atoms with Gasteiger partial charge in [-0.1, -0.05) is 0 Å². The Hall–Kier alpha value is -1.10. The number of carboxylic acid groups (broad SMARTS) is 1. The van der Waals surface area contributed by atoms with Crippen molar-refractivity contribution in [1.82, 2.24) is 4.90 Å². The third-order valence-corrected chi connectivity index (χ3v) is 3.89. The van der Waals surface area contributed by atoms with Gasteiger partial charge in [-0.25, -0.2) is 4.79 Å². The highest BCUT2D eigenvalue weighted by Gasteiger charge is 2.58. The highest BCUT2D eigenvalue weighted by Crippen LogP contribution is 2.44. The number of carbonyl (C=O) groups is 2. The van der Waals surface area contributed by atoms with Gasteiger partial charge in [-0.2, -0.15) is 0 Å². The van der Waals surface area contributed by atoms with Crippen molar-refractivity contribution >= 4 is 11.9 Å². The summed E-state index contributed by atoms with van der Waals surface area (Å²) in [6.07, 6.45) is 1.86. The Morgan fingerprint density at radius 3 is 2.53 bits per heavy atom. The molecule has 3 atom stereocenters. The molecular formula is C10H16N2O3. The lowest BCUT2D eigenvalue weighted by Gasteiger charge is -2.45. The summed E-state index contributed by atoms with van der Waals surface area (Å²) in [5.74, 6) is -0.111. The van der Waals surface area contributed by atoms with E-state index in [0.717, 1.165) is 19.3 Å². The van der Waals surface area contributed by atoms with Crippen molar-refractivity contribution in [3.05, 3.63) is 0 Å².